The van der Waals surface area contributed by atoms with Crippen LogP contribution in [0.2, 0.25) is 0 Å². The molecule has 1 aliphatic carbocycles. The van der Waals surface area contributed by atoms with Gasteiger partial charge in [0.15, 0.2) is 0 Å². The Kier molecular flexibility index (Phi) is 8.03. The van der Waals surface area contributed by atoms with Crippen molar-refractivity contribution in [3.8, 4) is 11.1 Å². The number of para-hydroxylation sites is 2. The van der Waals surface area contributed by atoms with Gasteiger partial charge in [0.25, 0.3) is 0 Å². The standard InChI is InChI=1S/C59H40N2S2/c1-59(2)50-25-13-22-45-48-35-40(60(38-16-5-3-6-17-38)52-26-14-23-46-43-20-9-11-28-54(43)62-57(46)52)31-30-37(48)34-49(56(45)50)42-33-32-41(36-51(42)59)61(39-18-7-4-8-19-39)53-27-15-24-47-44-21-10-12-29-55(44)63-58(47)53/h3-36H,1-2H3. The van der Waals surface area contributed by atoms with Gasteiger partial charge in [-0.25, -0.2) is 0 Å². The van der Waals surface area contributed by atoms with Crippen LogP contribution in [0, 0.1) is 0 Å². The molecule has 13 rings (SSSR count). The van der Waals surface area contributed by atoms with Crippen molar-refractivity contribution < 1.29 is 0 Å². The molecule has 63 heavy (non-hydrogen) atoms. The van der Waals surface area contributed by atoms with E-state index in [1.807, 2.05) is 22.7 Å². The van der Waals surface area contributed by atoms with Gasteiger partial charge >= 0.3 is 0 Å². The van der Waals surface area contributed by atoms with Crippen LogP contribution in [0.4, 0.5) is 34.1 Å². The van der Waals surface area contributed by atoms with Gasteiger partial charge in [-0.1, -0.05) is 141 Å². The lowest BCUT2D eigenvalue weighted by Crippen LogP contribution is -2.24. The van der Waals surface area contributed by atoms with Gasteiger partial charge in [-0.3, -0.25) is 0 Å². The maximum absolute atomic E-state index is 2.47. The zero-order chi connectivity index (χ0) is 41.8. The molecule has 2 aromatic heterocycles. The molecule has 0 unspecified atom stereocenters. The van der Waals surface area contributed by atoms with Crippen LogP contribution in [-0.2, 0) is 5.41 Å². The fourth-order valence-electron chi connectivity index (χ4n) is 10.5. The average molecular weight is 841 g/mol. The monoisotopic (exact) mass is 840 g/mol. The molecule has 4 heteroatoms. The first-order chi connectivity index (χ1) is 31.0. The molecule has 0 radical (unpaired) electrons. The highest BCUT2D eigenvalue weighted by atomic mass is 32.1. The SMILES string of the molecule is CC1(C)c2cc(N(c3ccccc3)c3cccc4c3sc3ccccc34)ccc2-c2cc3ccc(N(c4ccccc4)c4cccc5c4sc4ccccc45)cc3c3cccc1c23. The third kappa shape index (κ3) is 5.48. The van der Waals surface area contributed by atoms with E-state index in [9.17, 15) is 0 Å². The second-order valence-corrected chi connectivity index (χ2v) is 19.4. The number of hydrogen-bond donors (Lipinski definition) is 0. The van der Waals surface area contributed by atoms with Crippen molar-refractivity contribution in [3.05, 3.63) is 217 Å². The Hall–Kier alpha value is -7.24. The predicted molar refractivity (Wildman–Crippen MR) is 274 cm³/mol. The first kappa shape index (κ1) is 36.4. The van der Waals surface area contributed by atoms with E-state index in [2.05, 4.69) is 230 Å². The minimum Gasteiger partial charge on any atom is -0.309 e. The van der Waals surface area contributed by atoms with Gasteiger partial charge in [0, 0.05) is 59.1 Å². The topological polar surface area (TPSA) is 6.48 Å². The second kappa shape index (κ2) is 13.9. The van der Waals surface area contributed by atoms with Crippen LogP contribution >= 0.6 is 22.7 Å². The number of thiophene rings is 2. The highest BCUT2D eigenvalue weighted by molar-refractivity contribution is 7.26. The molecular weight excluding hydrogens is 801 g/mol. The lowest BCUT2D eigenvalue weighted by atomic mass is 9.68. The van der Waals surface area contributed by atoms with E-state index in [1.54, 1.807) is 0 Å². The zero-order valence-corrected chi connectivity index (χ0v) is 36.5. The van der Waals surface area contributed by atoms with E-state index in [0.29, 0.717) is 0 Å². The Labute approximate surface area is 374 Å². The fraction of sp³-hybridized carbons (Fsp3) is 0.0508. The molecule has 2 heterocycles. The maximum Gasteiger partial charge on any atom is 0.0640 e. The minimum absolute atomic E-state index is 0.262. The van der Waals surface area contributed by atoms with Gasteiger partial charge in [-0.2, -0.15) is 0 Å². The van der Waals surface area contributed by atoms with Gasteiger partial charge in [-0.05, 0) is 123 Å². The van der Waals surface area contributed by atoms with E-state index >= 15 is 0 Å². The average Bonchev–Trinajstić information content (AvgIpc) is 3.91. The van der Waals surface area contributed by atoms with Crippen molar-refractivity contribution in [1.29, 1.82) is 0 Å². The molecule has 0 aliphatic heterocycles. The molecule has 10 aromatic carbocycles. The lowest BCUT2D eigenvalue weighted by Gasteiger charge is -2.37. The Morgan fingerprint density at radius 3 is 1.48 bits per heavy atom. The summed E-state index contributed by atoms with van der Waals surface area (Å²) in [4.78, 5) is 4.91. The summed E-state index contributed by atoms with van der Waals surface area (Å²) in [5.41, 5.74) is 12.0. The summed E-state index contributed by atoms with van der Waals surface area (Å²) >= 11 is 3.76. The van der Waals surface area contributed by atoms with Crippen molar-refractivity contribution in [1.82, 2.24) is 0 Å². The van der Waals surface area contributed by atoms with Crippen LogP contribution < -0.4 is 9.80 Å². The molecule has 0 bridgehead atoms. The van der Waals surface area contributed by atoms with Crippen LogP contribution in [0.3, 0.4) is 0 Å². The fourth-order valence-corrected chi connectivity index (χ4v) is 12.9. The van der Waals surface area contributed by atoms with E-state index in [4.69, 9.17) is 0 Å². The van der Waals surface area contributed by atoms with Crippen LogP contribution in [0.15, 0.2) is 206 Å². The van der Waals surface area contributed by atoms with Gasteiger partial charge < -0.3 is 9.80 Å². The van der Waals surface area contributed by atoms with Crippen molar-refractivity contribution in [2.24, 2.45) is 0 Å². The Morgan fingerprint density at radius 2 is 0.857 bits per heavy atom. The number of benzene rings is 10. The number of anilines is 6. The molecule has 298 valence electrons. The minimum atomic E-state index is -0.262. The molecule has 0 saturated carbocycles. The van der Waals surface area contributed by atoms with Gasteiger partial charge in [0.1, 0.15) is 0 Å². The quantitative estimate of drug-likeness (QED) is 0.154. The molecule has 0 fully saturated rings. The normalized spacial score (nSPS) is 13.0. The van der Waals surface area contributed by atoms with Crippen LogP contribution in [0.1, 0.15) is 25.0 Å². The van der Waals surface area contributed by atoms with E-state index in [0.717, 1.165) is 22.7 Å². The molecule has 0 N–H and O–H groups in total. The lowest BCUT2D eigenvalue weighted by molar-refractivity contribution is 0.645. The highest BCUT2D eigenvalue weighted by Crippen LogP contribution is 2.54. The summed E-state index contributed by atoms with van der Waals surface area (Å²) in [5, 5.41) is 10.4. The molecule has 2 nitrogen and oxygen atoms in total. The summed E-state index contributed by atoms with van der Waals surface area (Å²) in [7, 11) is 0. The summed E-state index contributed by atoms with van der Waals surface area (Å²) in [5.74, 6) is 0. The molecule has 0 saturated heterocycles. The third-order valence-corrected chi connectivity index (χ3v) is 15.8. The first-order valence-corrected chi connectivity index (χ1v) is 23.3. The van der Waals surface area contributed by atoms with Crippen molar-refractivity contribution in [2.45, 2.75) is 19.3 Å². The number of rotatable bonds is 6. The van der Waals surface area contributed by atoms with Gasteiger partial charge in [0.05, 0.1) is 20.8 Å². The van der Waals surface area contributed by atoms with Gasteiger partial charge in [0.2, 0.25) is 0 Å². The molecule has 0 amide bonds. The van der Waals surface area contributed by atoms with Crippen LogP contribution in [0.25, 0.3) is 73.0 Å². The largest absolute Gasteiger partial charge is 0.309 e. The smallest absolute Gasteiger partial charge is 0.0640 e. The Bertz CT molecular complexity index is 3790. The highest BCUT2D eigenvalue weighted by Gasteiger charge is 2.35. The number of fused-ring (bicyclic) bond motifs is 10. The summed E-state index contributed by atoms with van der Waals surface area (Å²) < 4.78 is 5.21. The van der Waals surface area contributed by atoms with E-state index < -0.39 is 0 Å². The predicted octanol–water partition coefficient (Wildman–Crippen LogP) is 18.0. The first-order valence-electron chi connectivity index (χ1n) is 21.7. The van der Waals surface area contributed by atoms with Crippen molar-refractivity contribution in [2.75, 3.05) is 9.80 Å². The second-order valence-electron chi connectivity index (χ2n) is 17.3. The zero-order valence-electron chi connectivity index (χ0n) is 34.8. The van der Waals surface area contributed by atoms with Crippen molar-refractivity contribution in [3.63, 3.8) is 0 Å². The summed E-state index contributed by atoms with van der Waals surface area (Å²) in [6, 6.07) is 76.5. The Balaban J connectivity index is 0.997. The summed E-state index contributed by atoms with van der Waals surface area (Å²) in [6.07, 6.45) is 0. The maximum atomic E-state index is 2.47. The molecular formula is C59H40N2S2. The number of hydrogen-bond acceptors (Lipinski definition) is 4. The molecule has 12 aromatic rings. The van der Waals surface area contributed by atoms with Crippen molar-refractivity contribution >= 4 is 119 Å². The van der Waals surface area contributed by atoms with Crippen LogP contribution in [0.5, 0.6) is 0 Å². The van der Waals surface area contributed by atoms with E-state index in [1.165, 1.54) is 95.5 Å². The summed E-state index contributed by atoms with van der Waals surface area (Å²) in [6.45, 7) is 4.83. The third-order valence-electron chi connectivity index (χ3n) is 13.4. The van der Waals surface area contributed by atoms with E-state index in [-0.39, 0.29) is 5.41 Å². The molecule has 0 atom stereocenters. The molecule has 1 aliphatic rings. The molecule has 0 spiro atoms. The Morgan fingerprint density at radius 1 is 0.349 bits per heavy atom. The van der Waals surface area contributed by atoms with Crippen LogP contribution in [-0.4, -0.2) is 0 Å². The number of nitrogens with zero attached hydrogens (tertiary/aromatic N) is 2. The van der Waals surface area contributed by atoms with Gasteiger partial charge in [-0.15, -0.1) is 22.7 Å².